The van der Waals surface area contributed by atoms with Crippen molar-refractivity contribution in [1.82, 2.24) is 10.2 Å². The smallest absolute Gasteiger partial charge is 0.0897 e. The van der Waals surface area contributed by atoms with Gasteiger partial charge in [0.05, 0.1) is 25.4 Å². The third kappa shape index (κ3) is 6.74. The third-order valence-electron chi connectivity index (χ3n) is 3.73. The first-order valence-electron chi connectivity index (χ1n) is 7.73. The molecular formula is C14H28N2O3S. The summed E-state index contributed by atoms with van der Waals surface area (Å²) in [5.74, 6) is 2.50. The largest absolute Gasteiger partial charge is 0.389 e. The standard InChI is InChI=1S/C14H28N2O3S/c17-13(11-18-12-14-2-1-7-19-14)10-15-3-4-16-5-8-20-9-6-16/h13-15,17H,1-12H2. The molecule has 118 valence electrons. The lowest BCUT2D eigenvalue weighted by Crippen LogP contribution is -2.40. The average molecular weight is 304 g/mol. The quantitative estimate of drug-likeness (QED) is 0.593. The van der Waals surface area contributed by atoms with Crippen molar-refractivity contribution in [2.45, 2.75) is 25.0 Å². The molecule has 0 amide bonds. The number of ether oxygens (including phenoxy) is 2. The van der Waals surface area contributed by atoms with Crippen LogP contribution in [0.1, 0.15) is 12.8 Å². The molecule has 2 heterocycles. The summed E-state index contributed by atoms with van der Waals surface area (Å²) in [6.45, 7) is 6.87. The molecule has 2 aliphatic rings. The van der Waals surface area contributed by atoms with Crippen LogP contribution in [0, 0.1) is 0 Å². The lowest BCUT2D eigenvalue weighted by atomic mass is 10.2. The normalized spacial score (nSPS) is 25.9. The Morgan fingerprint density at radius 3 is 3.00 bits per heavy atom. The van der Waals surface area contributed by atoms with Crippen LogP contribution in [0.3, 0.4) is 0 Å². The van der Waals surface area contributed by atoms with Gasteiger partial charge in [0.2, 0.25) is 0 Å². The highest BCUT2D eigenvalue weighted by Crippen LogP contribution is 2.11. The van der Waals surface area contributed by atoms with Crippen molar-refractivity contribution in [2.75, 3.05) is 64.1 Å². The lowest BCUT2D eigenvalue weighted by Gasteiger charge is -2.26. The summed E-state index contributed by atoms with van der Waals surface area (Å²) in [4.78, 5) is 2.48. The van der Waals surface area contributed by atoms with Crippen LogP contribution in [0.25, 0.3) is 0 Å². The number of hydrogen-bond acceptors (Lipinski definition) is 6. The second kappa shape index (κ2) is 9.97. The minimum absolute atomic E-state index is 0.243. The minimum Gasteiger partial charge on any atom is -0.389 e. The number of aliphatic hydroxyl groups is 1. The van der Waals surface area contributed by atoms with Gasteiger partial charge in [0.15, 0.2) is 0 Å². The first-order chi connectivity index (χ1) is 9.84. The van der Waals surface area contributed by atoms with E-state index in [1.165, 1.54) is 24.6 Å². The van der Waals surface area contributed by atoms with E-state index in [0.717, 1.165) is 32.5 Å². The number of rotatable bonds is 9. The van der Waals surface area contributed by atoms with E-state index in [1.807, 2.05) is 11.8 Å². The van der Waals surface area contributed by atoms with Crippen LogP contribution in [0.5, 0.6) is 0 Å². The van der Waals surface area contributed by atoms with E-state index < -0.39 is 6.10 Å². The van der Waals surface area contributed by atoms with Crippen molar-refractivity contribution < 1.29 is 14.6 Å². The molecule has 2 fully saturated rings. The maximum atomic E-state index is 9.81. The van der Waals surface area contributed by atoms with Crippen molar-refractivity contribution in [2.24, 2.45) is 0 Å². The van der Waals surface area contributed by atoms with E-state index in [-0.39, 0.29) is 6.10 Å². The zero-order valence-corrected chi connectivity index (χ0v) is 13.1. The molecule has 2 aliphatic heterocycles. The maximum absolute atomic E-state index is 9.81. The van der Waals surface area contributed by atoms with Crippen molar-refractivity contribution in [3.8, 4) is 0 Å². The highest BCUT2D eigenvalue weighted by atomic mass is 32.2. The molecule has 2 saturated heterocycles. The second-order valence-corrected chi connectivity index (χ2v) is 6.71. The van der Waals surface area contributed by atoms with Gasteiger partial charge in [0, 0.05) is 50.8 Å². The van der Waals surface area contributed by atoms with Crippen LogP contribution < -0.4 is 5.32 Å². The molecular weight excluding hydrogens is 276 g/mol. The SMILES string of the molecule is OC(CNCCN1CCSCC1)COCC1CCCO1. The predicted octanol–water partition coefficient (Wildman–Crippen LogP) is 0.181. The molecule has 0 aliphatic carbocycles. The monoisotopic (exact) mass is 304 g/mol. The Morgan fingerprint density at radius 2 is 2.25 bits per heavy atom. The Labute approximate surface area is 126 Å². The van der Waals surface area contributed by atoms with Crippen LogP contribution in [0.4, 0.5) is 0 Å². The fraction of sp³-hybridized carbons (Fsp3) is 1.00. The van der Waals surface area contributed by atoms with E-state index in [1.54, 1.807) is 0 Å². The molecule has 0 radical (unpaired) electrons. The van der Waals surface area contributed by atoms with Crippen LogP contribution in [-0.4, -0.2) is 86.3 Å². The third-order valence-corrected chi connectivity index (χ3v) is 4.67. The van der Waals surface area contributed by atoms with Crippen molar-refractivity contribution in [1.29, 1.82) is 0 Å². The van der Waals surface area contributed by atoms with Crippen molar-refractivity contribution >= 4 is 11.8 Å². The molecule has 0 spiro atoms. The molecule has 5 nitrogen and oxygen atoms in total. The van der Waals surface area contributed by atoms with Crippen LogP contribution in [0.15, 0.2) is 0 Å². The minimum atomic E-state index is -0.423. The van der Waals surface area contributed by atoms with Gasteiger partial charge in [-0.3, -0.25) is 0 Å². The molecule has 2 unspecified atom stereocenters. The Morgan fingerprint density at radius 1 is 1.40 bits per heavy atom. The zero-order valence-electron chi connectivity index (χ0n) is 12.3. The van der Waals surface area contributed by atoms with Crippen LogP contribution in [-0.2, 0) is 9.47 Å². The highest BCUT2D eigenvalue weighted by molar-refractivity contribution is 7.99. The highest BCUT2D eigenvalue weighted by Gasteiger charge is 2.16. The summed E-state index contributed by atoms with van der Waals surface area (Å²) in [6, 6.07) is 0. The summed E-state index contributed by atoms with van der Waals surface area (Å²) in [7, 11) is 0. The number of thioether (sulfide) groups is 1. The molecule has 0 aromatic heterocycles. The van der Waals surface area contributed by atoms with Gasteiger partial charge in [-0.15, -0.1) is 0 Å². The maximum Gasteiger partial charge on any atom is 0.0897 e. The number of hydrogen-bond donors (Lipinski definition) is 2. The second-order valence-electron chi connectivity index (χ2n) is 5.48. The molecule has 0 bridgehead atoms. The Balaban J connectivity index is 1.40. The molecule has 2 rings (SSSR count). The molecule has 6 heteroatoms. The van der Waals surface area contributed by atoms with Gasteiger partial charge in [-0.05, 0) is 12.8 Å². The summed E-state index contributed by atoms with van der Waals surface area (Å²) in [5, 5.41) is 13.1. The molecule has 0 aromatic rings. The summed E-state index contributed by atoms with van der Waals surface area (Å²) >= 11 is 2.03. The topological polar surface area (TPSA) is 54.0 Å². The van der Waals surface area contributed by atoms with Gasteiger partial charge >= 0.3 is 0 Å². The number of aliphatic hydroxyl groups excluding tert-OH is 1. The van der Waals surface area contributed by atoms with Crippen LogP contribution >= 0.6 is 11.8 Å². The van der Waals surface area contributed by atoms with E-state index in [4.69, 9.17) is 9.47 Å². The van der Waals surface area contributed by atoms with Crippen LogP contribution in [0.2, 0.25) is 0 Å². The van der Waals surface area contributed by atoms with Gasteiger partial charge in [-0.1, -0.05) is 0 Å². The summed E-state index contributed by atoms with van der Waals surface area (Å²) in [6.07, 6.45) is 2.04. The summed E-state index contributed by atoms with van der Waals surface area (Å²) < 4.78 is 11.0. The van der Waals surface area contributed by atoms with Gasteiger partial charge < -0.3 is 24.8 Å². The molecule has 0 saturated carbocycles. The van der Waals surface area contributed by atoms with Crippen molar-refractivity contribution in [3.05, 3.63) is 0 Å². The van der Waals surface area contributed by atoms with E-state index >= 15 is 0 Å². The Hall–Kier alpha value is 0.150. The van der Waals surface area contributed by atoms with Gasteiger partial charge in [-0.25, -0.2) is 0 Å². The van der Waals surface area contributed by atoms with E-state index in [0.29, 0.717) is 19.8 Å². The fourth-order valence-corrected chi connectivity index (χ4v) is 3.48. The molecule has 20 heavy (non-hydrogen) atoms. The number of nitrogens with zero attached hydrogens (tertiary/aromatic N) is 1. The van der Waals surface area contributed by atoms with Gasteiger partial charge in [-0.2, -0.15) is 11.8 Å². The number of nitrogens with one attached hydrogen (secondary N) is 1. The first-order valence-corrected chi connectivity index (χ1v) is 8.88. The fourth-order valence-electron chi connectivity index (χ4n) is 2.50. The van der Waals surface area contributed by atoms with E-state index in [9.17, 15) is 5.11 Å². The van der Waals surface area contributed by atoms with E-state index in [2.05, 4.69) is 10.2 Å². The zero-order chi connectivity index (χ0) is 14.0. The molecule has 0 aromatic carbocycles. The Kier molecular flexibility index (Phi) is 8.24. The summed E-state index contributed by atoms with van der Waals surface area (Å²) in [5.41, 5.74) is 0. The van der Waals surface area contributed by atoms with Gasteiger partial charge in [0.1, 0.15) is 0 Å². The Bertz CT molecular complexity index is 247. The van der Waals surface area contributed by atoms with Gasteiger partial charge in [0.25, 0.3) is 0 Å². The molecule has 2 N–H and O–H groups in total. The first kappa shape index (κ1) is 16.5. The van der Waals surface area contributed by atoms with Crippen molar-refractivity contribution in [3.63, 3.8) is 0 Å². The lowest BCUT2D eigenvalue weighted by molar-refractivity contribution is -0.0164. The average Bonchev–Trinajstić information content (AvgIpc) is 2.98. The molecule has 2 atom stereocenters. The predicted molar refractivity (Wildman–Crippen MR) is 82.4 cm³/mol.